The zero-order valence-electron chi connectivity index (χ0n) is 9.89. The monoisotopic (exact) mass is 312 g/mol. The standard InChI is InChI=1S/C15H9BrN2O/c16-15-11(9-19)5-6-13(14(15)8-18)12-4-2-1-3-10(12)7-17/h1-6,19H,9H2. The van der Waals surface area contributed by atoms with Gasteiger partial charge in [-0.05, 0) is 27.6 Å². The van der Waals surface area contributed by atoms with Crippen LogP contribution in [-0.4, -0.2) is 5.11 Å². The fourth-order valence-electron chi connectivity index (χ4n) is 1.89. The van der Waals surface area contributed by atoms with Crippen LogP contribution >= 0.6 is 15.9 Å². The zero-order valence-corrected chi connectivity index (χ0v) is 11.5. The molecule has 2 aromatic rings. The first-order chi connectivity index (χ1) is 9.22. The summed E-state index contributed by atoms with van der Waals surface area (Å²) in [6.07, 6.45) is 0. The van der Waals surface area contributed by atoms with Gasteiger partial charge in [0, 0.05) is 15.6 Å². The molecule has 0 aliphatic heterocycles. The number of aliphatic hydroxyl groups is 1. The van der Waals surface area contributed by atoms with E-state index in [0.29, 0.717) is 32.3 Å². The highest BCUT2D eigenvalue weighted by Crippen LogP contribution is 2.33. The second-order valence-electron chi connectivity index (χ2n) is 3.89. The van der Waals surface area contributed by atoms with Gasteiger partial charge in [-0.3, -0.25) is 0 Å². The first kappa shape index (κ1) is 13.3. The lowest BCUT2D eigenvalue weighted by atomic mass is 9.95. The van der Waals surface area contributed by atoms with E-state index < -0.39 is 0 Å². The summed E-state index contributed by atoms with van der Waals surface area (Å²) >= 11 is 3.33. The SMILES string of the molecule is N#Cc1ccccc1-c1ccc(CO)c(Br)c1C#N. The zero-order chi connectivity index (χ0) is 13.8. The maximum Gasteiger partial charge on any atom is 0.101 e. The molecule has 92 valence electrons. The van der Waals surface area contributed by atoms with Crippen molar-refractivity contribution >= 4 is 15.9 Å². The van der Waals surface area contributed by atoms with Gasteiger partial charge >= 0.3 is 0 Å². The molecule has 3 nitrogen and oxygen atoms in total. The van der Waals surface area contributed by atoms with Crippen LogP contribution in [-0.2, 0) is 6.61 Å². The van der Waals surface area contributed by atoms with E-state index in [2.05, 4.69) is 28.1 Å². The van der Waals surface area contributed by atoms with Crippen LogP contribution in [0.4, 0.5) is 0 Å². The van der Waals surface area contributed by atoms with Crippen molar-refractivity contribution in [1.29, 1.82) is 10.5 Å². The second-order valence-corrected chi connectivity index (χ2v) is 4.68. The normalized spacial score (nSPS) is 9.68. The molecule has 0 heterocycles. The van der Waals surface area contributed by atoms with E-state index in [0.717, 1.165) is 0 Å². The Morgan fingerprint density at radius 1 is 1.00 bits per heavy atom. The molecule has 0 amide bonds. The van der Waals surface area contributed by atoms with E-state index in [1.54, 1.807) is 30.3 Å². The lowest BCUT2D eigenvalue weighted by Crippen LogP contribution is -1.94. The summed E-state index contributed by atoms with van der Waals surface area (Å²) in [6.45, 7) is -0.143. The molecular formula is C15H9BrN2O. The van der Waals surface area contributed by atoms with Gasteiger partial charge in [0.2, 0.25) is 0 Å². The fourth-order valence-corrected chi connectivity index (χ4v) is 2.45. The fraction of sp³-hybridized carbons (Fsp3) is 0.0667. The van der Waals surface area contributed by atoms with Crippen molar-refractivity contribution in [1.82, 2.24) is 0 Å². The van der Waals surface area contributed by atoms with Gasteiger partial charge < -0.3 is 5.11 Å². The Labute approximate surface area is 119 Å². The topological polar surface area (TPSA) is 67.8 Å². The molecule has 19 heavy (non-hydrogen) atoms. The van der Waals surface area contributed by atoms with Crippen molar-refractivity contribution in [2.75, 3.05) is 0 Å². The van der Waals surface area contributed by atoms with Crippen molar-refractivity contribution in [3.05, 3.63) is 57.6 Å². The van der Waals surface area contributed by atoms with Gasteiger partial charge in [0.05, 0.1) is 23.8 Å². The maximum absolute atomic E-state index is 9.30. The highest BCUT2D eigenvalue weighted by Gasteiger charge is 2.14. The predicted octanol–water partition coefficient (Wildman–Crippen LogP) is 3.35. The van der Waals surface area contributed by atoms with Gasteiger partial charge in [-0.15, -0.1) is 0 Å². The van der Waals surface area contributed by atoms with E-state index in [4.69, 9.17) is 5.26 Å². The van der Waals surface area contributed by atoms with Crippen molar-refractivity contribution < 1.29 is 5.11 Å². The lowest BCUT2D eigenvalue weighted by Gasteiger charge is -2.10. The summed E-state index contributed by atoms with van der Waals surface area (Å²) in [4.78, 5) is 0. The van der Waals surface area contributed by atoms with E-state index in [1.807, 2.05) is 6.07 Å². The summed E-state index contributed by atoms with van der Waals surface area (Å²) in [5.41, 5.74) is 2.99. The number of hydrogen-bond acceptors (Lipinski definition) is 3. The molecule has 4 heteroatoms. The van der Waals surface area contributed by atoms with Crippen LogP contribution in [0.15, 0.2) is 40.9 Å². The minimum Gasteiger partial charge on any atom is -0.392 e. The summed E-state index contributed by atoms with van der Waals surface area (Å²) in [7, 11) is 0. The smallest absolute Gasteiger partial charge is 0.101 e. The van der Waals surface area contributed by atoms with Crippen LogP contribution in [0.3, 0.4) is 0 Å². The molecular weight excluding hydrogens is 304 g/mol. The third-order valence-corrected chi connectivity index (χ3v) is 3.75. The largest absolute Gasteiger partial charge is 0.392 e. The van der Waals surface area contributed by atoms with Crippen molar-refractivity contribution in [2.24, 2.45) is 0 Å². The Balaban J connectivity index is 2.75. The summed E-state index contributed by atoms with van der Waals surface area (Å²) in [5.74, 6) is 0. The van der Waals surface area contributed by atoms with Crippen LogP contribution in [0.2, 0.25) is 0 Å². The van der Waals surface area contributed by atoms with Crippen LogP contribution < -0.4 is 0 Å². The molecule has 0 unspecified atom stereocenters. The van der Waals surface area contributed by atoms with Gasteiger partial charge in [-0.1, -0.05) is 30.3 Å². The molecule has 1 N–H and O–H groups in total. The Morgan fingerprint density at radius 3 is 2.37 bits per heavy atom. The molecule has 0 saturated carbocycles. The van der Waals surface area contributed by atoms with Gasteiger partial charge in [0.15, 0.2) is 0 Å². The molecule has 0 aromatic heterocycles. The molecule has 0 saturated heterocycles. The molecule has 0 fully saturated rings. The average molecular weight is 313 g/mol. The number of nitriles is 2. The third-order valence-electron chi connectivity index (χ3n) is 2.84. The molecule has 0 radical (unpaired) electrons. The maximum atomic E-state index is 9.30. The van der Waals surface area contributed by atoms with E-state index >= 15 is 0 Å². The summed E-state index contributed by atoms with van der Waals surface area (Å²) in [5, 5.41) is 27.6. The molecule has 0 aliphatic carbocycles. The number of hydrogen-bond donors (Lipinski definition) is 1. The minimum atomic E-state index is -0.143. The summed E-state index contributed by atoms with van der Waals surface area (Å²) < 4.78 is 0.572. The number of halogens is 1. The Hall–Kier alpha value is -2.14. The average Bonchev–Trinajstić information content (AvgIpc) is 2.46. The van der Waals surface area contributed by atoms with Crippen molar-refractivity contribution in [3.63, 3.8) is 0 Å². The van der Waals surface area contributed by atoms with Gasteiger partial charge in [-0.2, -0.15) is 10.5 Å². The Morgan fingerprint density at radius 2 is 1.74 bits per heavy atom. The molecule has 2 aromatic carbocycles. The van der Waals surface area contributed by atoms with E-state index in [-0.39, 0.29) is 6.61 Å². The molecule has 0 bridgehead atoms. The van der Waals surface area contributed by atoms with E-state index in [1.165, 1.54) is 0 Å². The van der Waals surface area contributed by atoms with Crippen LogP contribution in [0.25, 0.3) is 11.1 Å². The highest BCUT2D eigenvalue weighted by molar-refractivity contribution is 9.10. The Kier molecular flexibility index (Phi) is 3.97. The van der Waals surface area contributed by atoms with Crippen LogP contribution in [0.5, 0.6) is 0 Å². The number of benzene rings is 2. The molecule has 0 aliphatic rings. The molecule has 0 atom stereocenters. The Bertz CT molecular complexity index is 711. The van der Waals surface area contributed by atoms with Gasteiger partial charge in [0.25, 0.3) is 0 Å². The first-order valence-corrected chi connectivity index (χ1v) is 6.34. The number of nitrogens with zero attached hydrogens (tertiary/aromatic N) is 2. The van der Waals surface area contributed by atoms with Crippen molar-refractivity contribution in [2.45, 2.75) is 6.61 Å². The molecule has 0 spiro atoms. The van der Waals surface area contributed by atoms with Gasteiger partial charge in [-0.25, -0.2) is 0 Å². The second kappa shape index (κ2) is 5.67. The van der Waals surface area contributed by atoms with E-state index in [9.17, 15) is 10.4 Å². The lowest BCUT2D eigenvalue weighted by molar-refractivity contribution is 0.281. The molecule has 2 rings (SSSR count). The van der Waals surface area contributed by atoms with Gasteiger partial charge in [0.1, 0.15) is 6.07 Å². The third kappa shape index (κ3) is 2.37. The number of rotatable bonds is 2. The first-order valence-electron chi connectivity index (χ1n) is 5.54. The predicted molar refractivity (Wildman–Crippen MR) is 74.9 cm³/mol. The number of aliphatic hydroxyl groups excluding tert-OH is 1. The quantitative estimate of drug-likeness (QED) is 0.924. The highest BCUT2D eigenvalue weighted by atomic mass is 79.9. The van der Waals surface area contributed by atoms with Crippen LogP contribution in [0, 0.1) is 22.7 Å². The van der Waals surface area contributed by atoms with Crippen LogP contribution in [0.1, 0.15) is 16.7 Å². The minimum absolute atomic E-state index is 0.143. The summed E-state index contributed by atoms with van der Waals surface area (Å²) in [6, 6.07) is 14.9. The van der Waals surface area contributed by atoms with Crippen molar-refractivity contribution in [3.8, 4) is 23.3 Å².